The Labute approximate surface area is 267 Å². The zero-order valence-electron chi connectivity index (χ0n) is 24.5. The van der Waals surface area contributed by atoms with E-state index < -0.39 is 86.8 Å². The minimum Gasteiger partial charge on any atom is -0.452 e. The fourth-order valence-corrected chi connectivity index (χ4v) is 7.03. The van der Waals surface area contributed by atoms with Crippen LogP contribution in [0.1, 0.15) is 32.1 Å². The highest BCUT2D eigenvalue weighted by Crippen LogP contribution is 2.53. The van der Waals surface area contributed by atoms with Gasteiger partial charge in [-0.3, -0.25) is 23.9 Å². The monoisotopic (exact) mass is 694 g/mol. The van der Waals surface area contributed by atoms with Crippen molar-refractivity contribution in [2.45, 2.75) is 50.9 Å². The first-order valence-electron chi connectivity index (χ1n) is 13.0. The smallest absolute Gasteiger partial charge is 0.330 e. The number of carbonyl (C=O) groups is 2. The van der Waals surface area contributed by atoms with E-state index in [0.717, 1.165) is 4.57 Å². The fourth-order valence-electron chi connectivity index (χ4n) is 3.69. The third-order valence-electron chi connectivity index (χ3n) is 5.87. The molecule has 0 aliphatic carbocycles. The molecule has 2 unspecified atom stereocenters. The summed E-state index contributed by atoms with van der Waals surface area (Å²) in [5, 5.41) is 10.2. The van der Waals surface area contributed by atoms with E-state index >= 15 is 0 Å². The quantitative estimate of drug-likeness (QED) is 0.0430. The molecule has 0 bridgehead atoms. The Kier molecular flexibility index (Phi) is 15.7. The first-order chi connectivity index (χ1) is 20.9. The van der Waals surface area contributed by atoms with Gasteiger partial charge in [0.15, 0.2) is 13.2 Å². The Morgan fingerprint density at radius 3 is 2.43 bits per heavy atom. The molecule has 0 amide bonds. The van der Waals surface area contributed by atoms with E-state index in [1.165, 1.54) is 41.8 Å². The Hall–Kier alpha value is -2.15. The summed E-state index contributed by atoms with van der Waals surface area (Å²) in [6.07, 6.45) is 8.92. The predicted octanol–water partition coefficient (Wildman–Crippen LogP) is 1.50. The van der Waals surface area contributed by atoms with E-state index in [1.54, 1.807) is 0 Å². The predicted molar refractivity (Wildman–Crippen MR) is 167 cm³/mol. The molecular weight excluding hydrogens is 659 g/mol. The summed E-state index contributed by atoms with van der Waals surface area (Å²) in [6, 6.07) is 0. The number of hydrogen-bond acceptors (Lipinski definition) is 15. The molecule has 2 N–H and O–H groups in total. The van der Waals surface area contributed by atoms with E-state index in [2.05, 4.69) is 16.8 Å². The minimum absolute atomic E-state index is 0.00482. The van der Waals surface area contributed by atoms with Crippen LogP contribution in [0, 0.1) is 37.0 Å². The van der Waals surface area contributed by atoms with Crippen molar-refractivity contribution in [2.75, 3.05) is 46.1 Å². The second-order valence-corrected chi connectivity index (χ2v) is 15.4. The second-order valence-electron chi connectivity index (χ2n) is 9.44. The molecule has 2 heterocycles. The minimum atomic E-state index is -3.80. The number of rotatable bonds is 18. The molecule has 18 heteroatoms. The van der Waals surface area contributed by atoms with Crippen molar-refractivity contribution >= 4 is 52.1 Å². The topological polar surface area (TPSA) is 174 Å². The normalized spacial score (nSPS) is 19.6. The van der Waals surface area contributed by atoms with Crippen molar-refractivity contribution in [3.63, 3.8) is 0 Å². The van der Waals surface area contributed by atoms with Crippen molar-refractivity contribution in [3.8, 4) is 24.7 Å². The van der Waals surface area contributed by atoms with E-state index in [9.17, 15) is 24.3 Å². The van der Waals surface area contributed by atoms with Gasteiger partial charge >= 0.3 is 24.3 Å². The van der Waals surface area contributed by atoms with E-state index in [0.29, 0.717) is 0 Å². The standard InChI is InChI=1S/C26H35N2O12PS3/c1-7-9-36-23(31)26(24(32)37-10-8-2,14-35-16-43-44-17(3)4)15-38-41(42,34-6)40-19-11-21(39-20(19)13-29)28-12-18(5)22(30)27-25(28)33/h1-2,12,17,19-21,29H,9-11,13-16H2,3-6H3,(H,27,30,33)/t19?,20-,21-,41?/m1/s1. The van der Waals surface area contributed by atoms with Crippen molar-refractivity contribution in [1.29, 1.82) is 0 Å². The SMILES string of the molecule is C#CCOC(=O)C(COCSSC(C)C)(COP(=S)(OC)OC1C[C@H](n2cc(C)c(=O)[nH]c2=O)O[C@@H]1CO)C(=O)OCC#C. The summed E-state index contributed by atoms with van der Waals surface area (Å²) in [7, 11) is 4.07. The summed E-state index contributed by atoms with van der Waals surface area (Å²) >= 11 is 5.53. The van der Waals surface area contributed by atoms with E-state index in [4.69, 9.17) is 57.2 Å². The number of aliphatic hydroxyl groups is 1. The van der Waals surface area contributed by atoms with Gasteiger partial charge in [-0.15, -0.1) is 12.8 Å². The number of aromatic nitrogens is 2. The maximum atomic E-state index is 13.3. The van der Waals surface area contributed by atoms with Gasteiger partial charge in [0.25, 0.3) is 5.56 Å². The number of aryl methyl sites for hydroxylation is 1. The van der Waals surface area contributed by atoms with Gasteiger partial charge < -0.3 is 37.6 Å². The molecule has 0 radical (unpaired) electrons. The number of aromatic amines is 1. The zero-order valence-corrected chi connectivity index (χ0v) is 27.9. The van der Waals surface area contributed by atoms with Crippen LogP contribution in [0.2, 0.25) is 0 Å². The molecule has 4 atom stereocenters. The lowest BCUT2D eigenvalue weighted by molar-refractivity contribution is -0.178. The molecule has 1 aromatic rings. The molecule has 244 valence electrons. The van der Waals surface area contributed by atoms with Crippen LogP contribution in [0.15, 0.2) is 15.8 Å². The van der Waals surface area contributed by atoms with Gasteiger partial charge in [0, 0.05) is 30.5 Å². The maximum absolute atomic E-state index is 13.3. The number of aliphatic hydroxyl groups excluding tert-OH is 1. The van der Waals surface area contributed by atoms with Crippen LogP contribution in [-0.4, -0.2) is 90.1 Å². The first kappa shape index (κ1) is 38.0. The first-order valence-corrected chi connectivity index (χ1v) is 17.9. The highest BCUT2D eigenvalue weighted by Gasteiger charge is 2.52. The molecule has 14 nitrogen and oxygen atoms in total. The number of nitrogens with zero attached hydrogens (tertiary/aromatic N) is 1. The number of nitrogens with one attached hydrogen (secondary N) is 1. The van der Waals surface area contributed by atoms with Gasteiger partial charge in [-0.2, -0.15) is 0 Å². The van der Waals surface area contributed by atoms with Crippen molar-refractivity contribution in [3.05, 3.63) is 32.6 Å². The van der Waals surface area contributed by atoms with Crippen LogP contribution in [0.25, 0.3) is 0 Å². The average Bonchev–Trinajstić information content (AvgIpc) is 3.39. The maximum Gasteiger partial charge on any atom is 0.330 e. The van der Waals surface area contributed by atoms with Crippen LogP contribution in [0.5, 0.6) is 0 Å². The summed E-state index contributed by atoms with van der Waals surface area (Å²) in [4.78, 5) is 52.9. The van der Waals surface area contributed by atoms with Gasteiger partial charge in [-0.25, -0.2) is 4.79 Å². The molecule has 1 aromatic heterocycles. The molecule has 0 aromatic carbocycles. The van der Waals surface area contributed by atoms with Crippen LogP contribution >= 0.6 is 28.3 Å². The molecule has 44 heavy (non-hydrogen) atoms. The second kappa shape index (κ2) is 18.1. The Balaban J connectivity index is 2.32. The molecule has 0 spiro atoms. The van der Waals surface area contributed by atoms with Crippen molar-refractivity contribution in [2.24, 2.45) is 5.41 Å². The summed E-state index contributed by atoms with van der Waals surface area (Å²) in [5.41, 5.74) is -3.24. The lowest BCUT2D eigenvalue weighted by Crippen LogP contribution is -2.49. The Bertz CT molecular complexity index is 1360. The molecule has 1 saturated heterocycles. The lowest BCUT2D eigenvalue weighted by atomic mass is 9.90. The highest BCUT2D eigenvalue weighted by molar-refractivity contribution is 8.76. The van der Waals surface area contributed by atoms with Crippen LogP contribution in [-0.2, 0) is 53.9 Å². The van der Waals surface area contributed by atoms with Gasteiger partial charge in [0.05, 0.1) is 25.9 Å². The fraction of sp³-hybridized carbons (Fsp3) is 0.615. The third kappa shape index (κ3) is 10.5. The van der Waals surface area contributed by atoms with Crippen LogP contribution in [0.3, 0.4) is 0 Å². The largest absolute Gasteiger partial charge is 0.452 e. The van der Waals surface area contributed by atoms with Gasteiger partial charge in [0.1, 0.15) is 18.3 Å². The molecule has 2 rings (SSSR count). The van der Waals surface area contributed by atoms with Crippen LogP contribution < -0.4 is 11.2 Å². The summed E-state index contributed by atoms with van der Waals surface area (Å²) in [5.74, 6) is 2.18. The Morgan fingerprint density at radius 1 is 1.25 bits per heavy atom. The van der Waals surface area contributed by atoms with Gasteiger partial charge in [-0.05, 0) is 18.7 Å². The van der Waals surface area contributed by atoms with E-state index in [-0.39, 0.29) is 23.2 Å². The van der Waals surface area contributed by atoms with Gasteiger partial charge in [0.2, 0.25) is 5.41 Å². The highest BCUT2D eigenvalue weighted by atomic mass is 33.1. The van der Waals surface area contributed by atoms with Gasteiger partial charge in [-0.1, -0.05) is 47.3 Å². The molecular formula is C26H35N2O12PS3. The molecule has 1 aliphatic heterocycles. The molecule has 1 aliphatic rings. The molecule has 0 saturated carbocycles. The average molecular weight is 695 g/mol. The summed E-state index contributed by atoms with van der Waals surface area (Å²) in [6.45, 7) is -1.08. The third-order valence-corrected chi connectivity index (χ3v) is 10.9. The zero-order chi connectivity index (χ0) is 32.9. The number of terminal acetylenes is 2. The van der Waals surface area contributed by atoms with Crippen molar-refractivity contribution in [1.82, 2.24) is 9.55 Å². The molecule has 1 fully saturated rings. The van der Waals surface area contributed by atoms with Crippen LogP contribution in [0.4, 0.5) is 0 Å². The lowest BCUT2D eigenvalue weighted by Gasteiger charge is -2.31. The number of carbonyl (C=O) groups excluding carboxylic acids is 2. The number of ether oxygens (including phenoxy) is 4. The van der Waals surface area contributed by atoms with E-state index in [1.807, 2.05) is 13.8 Å². The number of hydrogen-bond donors (Lipinski definition) is 2. The summed E-state index contributed by atoms with van der Waals surface area (Å²) < 4.78 is 40.0. The van der Waals surface area contributed by atoms with Crippen molar-refractivity contribution < 1.29 is 47.2 Å². The number of H-pyrrole nitrogens is 1. The number of esters is 2. The Morgan fingerprint density at radius 2 is 1.89 bits per heavy atom.